The summed E-state index contributed by atoms with van der Waals surface area (Å²) in [5.74, 6) is -1.73. The lowest BCUT2D eigenvalue weighted by atomic mass is 10.5. The number of aliphatic carboxylic acids is 1. The summed E-state index contributed by atoms with van der Waals surface area (Å²) in [6.45, 7) is 0.405. The van der Waals surface area contributed by atoms with Crippen LogP contribution in [-0.2, 0) is 23.9 Å². The predicted octanol–water partition coefficient (Wildman–Crippen LogP) is -0.623. The molecular formula is C10H13NO6. The van der Waals surface area contributed by atoms with Crippen LogP contribution in [0.25, 0.3) is 0 Å². The van der Waals surface area contributed by atoms with Gasteiger partial charge in [0.1, 0.15) is 6.73 Å². The van der Waals surface area contributed by atoms with E-state index in [0.29, 0.717) is 0 Å². The summed E-state index contributed by atoms with van der Waals surface area (Å²) in [7, 11) is 0. The number of amides is 2. The Balaban J connectivity index is 1.99. The summed E-state index contributed by atoms with van der Waals surface area (Å²) in [5.41, 5.74) is 0. The van der Waals surface area contributed by atoms with E-state index >= 15 is 0 Å². The van der Waals surface area contributed by atoms with Gasteiger partial charge in [0.25, 0.3) is 11.8 Å². The molecule has 0 saturated carbocycles. The van der Waals surface area contributed by atoms with Gasteiger partial charge in [0.05, 0.1) is 26.2 Å². The van der Waals surface area contributed by atoms with Crippen molar-refractivity contribution in [2.24, 2.45) is 0 Å². The maximum absolute atomic E-state index is 11.1. The Morgan fingerprint density at radius 2 is 1.71 bits per heavy atom. The molecule has 0 aliphatic carbocycles. The molecule has 0 aromatic rings. The van der Waals surface area contributed by atoms with E-state index in [1.807, 2.05) is 0 Å². The molecule has 7 heteroatoms. The zero-order valence-electron chi connectivity index (χ0n) is 9.13. The molecule has 1 heterocycles. The van der Waals surface area contributed by atoms with Gasteiger partial charge >= 0.3 is 5.97 Å². The Bertz CT molecular complexity index is 320. The molecule has 17 heavy (non-hydrogen) atoms. The summed E-state index contributed by atoms with van der Waals surface area (Å²) >= 11 is 0. The number of rotatable bonds is 8. The molecule has 2 amide bonds. The Kier molecular flexibility index (Phi) is 5.31. The number of imide groups is 1. The summed E-state index contributed by atoms with van der Waals surface area (Å²) in [5, 5.41) is 8.32. The third-order valence-electron chi connectivity index (χ3n) is 1.95. The number of carboxylic acid groups (broad SMARTS) is 1. The monoisotopic (exact) mass is 243 g/mol. The summed E-state index contributed by atoms with van der Waals surface area (Å²) in [6, 6.07) is 0. The van der Waals surface area contributed by atoms with Crippen LogP contribution in [0.1, 0.15) is 6.42 Å². The highest BCUT2D eigenvalue weighted by molar-refractivity contribution is 6.12. The minimum absolute atomic E-state index is 0.0625. The topological polar surface area (TPSA) is 93.1 Å². The van der Waals surface area contributed by atoms with Crippen LogP contribution in [0, 0.1) is 0 Å². The molecule has 0 atom stereocenters. The number of hydrogen-bond donors (Lipinski definition) is 1. The molecule has 0 aromatic carbocycles. The quantitative estimate of drug-likeness (QED) is 0.451. The Labute approximate surface area is 97.6 Å². The SMILES string of the molecule is O=C(O)CCOCCOCN1C(=O)C=CC1=O. The van der Waals surface area contributed by atoms with Crippen LogP contribution >= 0.6 is 0 Å². The first-order valence-corrected chi connectivity index (χ1v) is 5.02. The van der Waals surface area contributed by atoms with E-state index in [4.69, 9.17) is 14.6 Å². The van der Waals surface area contributed by atoms with Crippen LogP contribution in [0.5, 0.6) is 0 Å². The summed E-state index contributed by atoms with van der Waals surface area (Å²) in [6.07, 6.45) is 2.29. The van der Waals surface area contributed by atoms with E-state index in [2.05, 4.69) is 0 Å². The molecule has 0 spiro atoms. The fourth-order valence-electron chi connectivity index (χ4n) is 1.09. The molecule has 1 aliphatic rings. The maximum Gasteiger partial charge on any atom is 0.305 e. The number of ether oxygens (including phenoxy) is 2. The molecule has 1 aliphatic heterocycles. The second-order valence-electron chi connectivity index (χ2n) is 3.23. The van der Waals surface area contributed by atoms with E-state index < -0.39 is 17.8 Å². The molecule has 94 valence electrons. The molecule has 0 bridgehead atoms. The van der Waals surface area contributed by atoms with Gasteiger partial charge in [-0.2, -0.15) is 0 Å². The Hall–Kier alpha value is -1.73. The van der Waals surface area contributed by atoms with Gasteiger partial charge in [-0.25, -0.2) is 0 Å². The molecule has 0 aromatic heterocycles. The molecule has 1 N–H and O–H groups in total. The second-order valence-corrected chi connectivity index (χ2v) is 3.23. The molecule has 1 rings (SSSR count). The molecule has 0 fully saturated rings. The van der Waals surface area contributed by atoms with E-state index in [9.17, 15) is 14.4 Å². The first kappa shape index (κ1) is 13.3. The van der Waals surface area contributed by atoms with Crippen molar-refractivity contribution in [1.29, 1.82) is 0 Å². The summed E-state index contributed by atoms with van der Waals surface area (Å²) in [4.78, 5) is 33.2. The molecule has 0 saturated heterocycles. The molecule has 0 unspecified atom stereocenters. The van der Waals surface area contributed by atoms with Crippen LogP contribution in [-0.4, -0.2) is 54.3 Å². The lowest BCUT2D eigenvalue weighted by molar-refractivity contribution is -0.144. The number of hydrogen-bond acceptors (Lipinski definition) is 5. The standard InChI is InChI=1S/C10H13NO6/c12-8-1-2-9(13)11(8)7-17-6-5-16-4-3-10(14)15/h1-2H,3-7H2,(H,14,15). The van der Waals surface area contributed by atoms with Crippen LogP contribution < -0.4 is 0 Å². The minimum atomic E-state index is -0.926. The van der Waals surface area contributed by atoms with Crippen molar-refractivity contribution in [1.82, 2.24) is 4.90 Å². The fourth-order valence-corrected chi connectivity index (χ4v) is 1.09. The van der Waals surface area contributed by atoms with Gasteiger partial charge in [0.15, 0.2) is 0 Å². The molecular weight excluding hydrogens is 230 g/mol. The molecule has 0 radical (unpaired) electrons. The van der Waals surface area contributed by atoms with Crippen molar-refractivity contribution >= 4 is 17.8 Å². The zero-order valence-corrected chi connectivity index (χ0v) is 9.13. The van der Waals surface area contributed by atoms with Crippen LogP contribution in [0.4, 0.5) is 0 Å². The first-order chi connectivity index (χ1) is 8.11. The van der Waals surface area contributed by atoms with Crippen molar-refractivity contribution in [2.75, 3.05) is 26.6 Å². The zero-order chi connectivity index (χ0) is 12.7. The van der Waals surface area contributed by atoms with Gasteiger partial charge in [0, 0.05) is 12.2 Å². The average Bonchev–Trinajstić information content (AvgIpc) is 2.58. The normalized spacial score (nSPS) is 14.7. The third-order valence-corrected chi connectivity index (χ3v) is 1.95. The highest BCUT2D eigenvalue weighted by Crippen LogP contribution is 2.02. The highest BCUT2D eigenvalue weighted by atomic mass is 16.5. The minimum Gasteiger partial charge on any atom is -0.481 e. The van der Waals surface area contributed by atoms with Crippen molar-refractivity contribution in [3.05, 3.63) is 12.2 Å². The van der Waals surface area contributed by atoms with Gasteiger partial charge in [-0.3, -0.25) is 19.3 Å². The van der Waals surface area contributed by atoms with Crippen LogP contribution in [0.3, 0.4) is 0 Å². The maximum atomic E-state index is 11.1. The number of carbonyl (C=O) groups excluding carboxylic acids is 2. The van der Waals surface area contributed by atoms with Gasteiger partial charge in [-0.15, -0.1) is 0 Å². The Morgan fingerprint density at radius 1 is 1.12 bits per heavy atom. The predicted molar refractivity (Wildman–Crippen MR) is 54.9 cm³/mol. The lowest BCUT2D eigenvalue weighted by Gasteiger charge is -2.13. The smallest absolute Gasteiger partial charge is 0.305 e. The van der Waals surface area contributed by atoms with E-state index in [0.717, 1.165) is 4.90 Å². The van der Waals surface area contributed by atoms with Crippen molar-refractivity contribution in [3.63, 3.8) is 0 Å². The van der Waals surface area contributed by atoms with Gasteiger partial charge < -0.3 is 14.6 Å². The highest BCUT2D eigenvalue weighted by Gasteiger charge is 2.22. The summed E-state index contributed by atoms with van der Waals surface area (Å²) < 4.78 is 9.99. The third kappa shape index (κ3) is 4.75. The van der Waals surface area contributed by atoms with Crippen LogP contribution in [0.15, 0.2) is 12.2 Å². The number of carboxylic acids is 1. The first-order valence-electron chi connectivity index (χ1n) is 5.02. The van der Waals surface area contributed by atoms with Gasteiger partial charge in [-0.05, 0) is 0 Å². The van der Waals surface area contributed by atoms with Crippen molar-refractivity contribution < 1.29 is 29.0 Å². The van der Waals surface area contributed by atoms with Gasteiger partial charge in [-0.1, -0.05) is 0 Å². The average molecular weight is 243 g/mol. The number of carbonyl (C=O) groups is 3. The lowest BCUT2D eigenvalue weighted by Crippen LogP contribution is -2.32. The largest absolute Gasteiger partial charge is 0.481 e. The molecule has 7 nitrogen and oxygen atoms in total. The van der Waals surface area contributed by atoms with E-state index in [1.54, 1.807) is 0 Å². The Morgan fingerprint density at radius 3 is 2.29 bits per heavy atom. The van der Waals surface area contributed by atoms with Crippen molar-refractivity contribution in [3.8, 4) is 0 Å². The number of nitrogens with zero attached hydrogens (tertiary/aromatic N) is 1. The van der Waals surface area contributed by atoms with Crippen LogP contribution in [0.2, 0.25) is 0 Å². The van der Waals surface area contributed by atoms with Gasteiger partial charge in [0.2, 0.25) is 0 Å². The van der Waals surface area contributed by atoms with E-state index in [-0.39, 0.29) is 33.0 Å². The van der Waals surface area contributed by atoms with Crippen molar-refractivity contribution in [2.45, 2.75) is 6.42 Å². The van der Waals surface area contributed by atoms with E-state index in [1.165, 1.54) is 12.2 Å². The second kappa shape index (κ2) is 6.77. The fraction of sp³-hybridized carbons (Fsp3) is 0.500.